The number of nitrogens with one attached hydrogen (secondary N) is 2. The molecule has 0 bridgehead atoms. The van der Waals surface area contributed by atoms with Crippen LogP contribution in [0.2, 0.25) is 0 Å². The molecule has 0 aliphatic carbocycles. The first-order valence-corrected chi connectivity index (χ1v) is 8.49. The second-order valence-corrected chi connectivity index (χ2v) is 5.98. The molecule has 2 amide bonds. The zero-order chi connectivity index (χ0) is 19.8. The molecule has 144 valence electrons. The third-order valence-electron chi connectivity index (χ3n) is 3.91. The van der Waals surface area contributed by atoms with Gasteiger partial charge in [0.05, 0.1) is 7.11 Å². The highest BCUT2D eigenvalue weighted by molar-refractivity contribution is 5.85. The Bertz CT molecular complexity index is 807. The molecule has 0 fully saturated rings. The largest absolute Gasteiger partial charge is 0.493 e. The Hall–Kier alpha value is -3.22. The molecule has 2 aromatic carbocycles. The van der Waals surface area contributed by atoms with Crippen LogP contribution in [0.5, 0.6) is 17.2 Å². The Labute approximate surface area is 158 Å². The van der Waals surface area contributed by atoms with Crippen LogP contribution in [-0.2, 0) is 9.59 Å². The lowest BCUT2D eigenvalue weighted by Crippen LogP contribution is -2.48. The van der Waals surface area contributed by atoms with E-state index in [9.17, 15) is 9.59 Å². The van der Waals surface area contributed by atoms with Crippen LogP contribution < -0.4 is 25.1 Å². The number of aryl methyl sites for hydroxylation is 2. The highest BCUT2D eigenvalue weighted by Crippen LogP contribution is 2.25. The van der Waals surface area contributed by atoms with Gasteiger partial charge in [-0.15, -0.1) is 0 Å². The van der Waals surface area contributed by atoms with Gasteiger partial charge in [-0.05, 0) is 56.2 Å². The van der Waals surface area contributed by atoms with Crippen molar-refractivity contribution >= 4 is 11.8 Å². The summed E-state index contributed by atoms with van der Waals surface area (Å²) in [5.41, 5.74) is 6.82. The van der Waals surface area contributed by atoms with Gasteiger partial charge in [0.1, 0.15) is 5.75 Å². The maximum atomic E-state index is 12.1. The monoisotopic (exact) mass is 372 g/mol. The van der Waals surface area contributed by atoms with Crippen molar-refractivity contribution in [1.82, 2.24) is 10.9 Å². The van der Waals surface area contributed by atoms with E-state index in [2.05, 4.69) is 10.9 Å². The van der Waals surface area contributed by atoms with Gasteiger partial charge in [-0.3, -0.25) is 20.4 Å². The number of carbonyl (C=O) groups is 2. The SMILES string of the molecule is COc1ccccc1OCC(=O)NNC(=O)C(C)Oc1ccc(C)c(C)c1. The predicted octanol–water partition coefficient (Wildman–Crippen LogP) is 2.31. The summed E-state index contributed by atoms with van der Waals surface area (Å²) < 4.78 is 16.1. The second kappa shape index (κ2) is 9.47. The van der Waals surface area contributed by atoms with Gasteiger partial charge in [0.2, 0.25) is 0 Å². The number of benzene rings is 2. The van der Waals surface area contributed by atoms with Gasteiger partial charge in [0, 0.05) is 0 Å². The summed E-state index contributed by atoms with van der Waals surface area (Å²) >= 11 is 0. The molecule has 2 aromatic rings. The minimum absolute atomic E-state index is 0.271. The first kappa shape index (κ1) is 20.1. The molecule has 0 saturated carbocycles. The van der Waals surface area contributed by atoms with Crippen LogP contribution >= 0.6 is 0 Å². The highest BCUT2D eigenvalue weighted by atomic mass is 16.5. The van der Waals surface area contributed by atoms with E-state index in [-0.39, 0.29) is 6.61 Å². The maximum absolute atomic E-state index is 12.1. The van der Waals surface area contributed by atoms with E-state index in [1.165, 1.54) is 7.11 Å². The lowest BCUT2D eigenvalue weighted by molar-refractivity contribution is -0.133. The summed E-state index contributed by atoms with van der Waals surface area (Å²) in [6.45, 7) is 5.29. The zero-order valence-electron chi connectivity index (χ0n) is 15.9. The van der Waals surface area contributed by atoms with Crippen molar-refractivity contribution in [3.8, 4) is 17.2 Å². The van der Waals surface area contributed by atoms with Gasteiger partial charge >= 0.3 is 0 Å². The summed E-state index contributed by atoms with van der Waals surface area (Å²) in [5, 5.41) is 0. The minimum Gasteiger partial charge on any atom is -0.493 e. The summed E-state index contributed by atoms with van der Waals surface area (Å²) in [4.78, 5) is 23.9. The Morgan fingerprint density at radius 1 is 1.00 bits per heavy atom. The quantitative estimate of drug-likeness (QED) is 0.729. The molecule has 0 radical (unpaired) electrons. The molecule has 0 aromatic heterocycles. The molecular formula is C20H24N2O5. The summed E-state index contributed by atoms with van der Waals surface area (Å²) in [6.07, 6.45) is -0.775. The van der Waals surface area contributed by atoms with Crippen LogP contribution in [0.1, 0.15) is 18.1 Å². The third-order valence-corrected chi connectivity index (χ3v) is 3.91. The molecule has 1 atom stereocenters. The number of hydrazine groups is 1. The van der Waals surface area contributed by atoms with Crippen LogP contribution in [-0.4, -0.2) is 31.6 Å². The van der Waals surface area contributed by atoms with Gasteiger partial charge in [-0.1, -0.05) is 18.2 Å². The first-order chi connectivity index (χ1) is 12.9. The molecule has 2 N–H and O–H groups in total. The molecule has 0 aliphatic heterocycles. The van der Waals surface area contributed by atoms with Crippen molar-refractivity contribution in [2.24, 2.45) is 0 Å². The summed E-state index contributed by atoms with van der Waals surface area (Å²) in [7, 11) is 1.51. The topological polar surface area (TPSA) is 85.9 Å². The molecule has 7 nitrogen and oxygen atoms in total. The average molecular weight is 372 g/mol. The number of hydrogen-bond donors (Lipinski definition) is 2. The Morgan fingerprint density at radius 3 is 2.37 bits per heavy atom. The lowest BCUT2D eigenvalue weighted by atomic mass is 10.1. The Kier molecular flexibility index (Phi) is 7.05. The highest BCUT2D eigenvalue weighted by Gasteiger charge is 2.16. The van der Waals surface area contributed by atoms with Gasteiger partial charge in [-0.25, -0.2) is 0 Å². The van der Waals surface area contributed by atoms with E-state index in [0.29, 0.717) is 17.2 Å². The van der Waals surface area contributed by atoms with Gasteiger partial charge in [0.25, 0.3) is 11.8 Å². The number of methoxy groups -OCH3 is 1. The second-order valence-electron chi connectivity index (χ2n) is 5.98. The average Bonchev–Trinajstić information content (AvgIpc) is 2.67. The van der Waals surface area contributed by atoms with E-state index < -0.39 is 17.9 Å². The van der Waals surface area contributed by atoms with Crippen LogP contribution in [0.15, 0.2) is 42.5 Å². The smallest absolute Gasteiger partial charge is 0.279 e. The summed E-state index contributed by atoms with van der Waals surface area (Å²) in [6, 6.07) is 12.5. The van der Waals surface area contributed by atoms with E-state index in [4.69, 9.17) is 14.2 Å². The van der Waals surface area contributed by atoms with E-state index >= 15 is 0 Å². The maximum Gasteiger partial charge on any atom is 0.279 e. The third kappa shape index (κ3) is 5.91. The normalized spacial score (nSPS) is 11.3. The fraction of sp³-hybridized carbons (Fsp3) is 0.300. The molecule has 0 spiro atoms. The van der Waals surface area contributed by atoms with Gasteiger partial charge < -0.3 is 14.2 Å². The van der Waals surface area contributed by atoms with E-state index in [1.807, 2.05) is 26.0 Å². The molecule has 2 rings (SSSR count). The molecule has 1 unspecified atom stereocenters. The number of carbonyl (C=O) groups excluding carboxylic acids is 2. The predicted molar refractivity (Wildman–Crippen MR) is 101 cm³/mol. The van der Waals surface area contributed by atoms with Crippen LogP contribution in [0.3, 0.4) is 0 Å². The van der Waals surface area contributed by atoms with Crippen molar-refractivity contribution in [2.45, 2.75) is 26.9 Å². The molecule has 27 heavy (non-hydrogen) atoms. The van der Waals surface area contributed by atoms with Gasteiger partial charge in [0.15, 0.2) is 24.2 Å². The standard InChI is InChI=1S/C20H24N2O5/c1-13-9-10-16(11-14(13)2)27-15(3)20(24)22-21-19(23)12-26-18-8-6-5-7-17(18)25-4/h5-11,15H,12H2,1-4H3,(H,21,23)(H,22,24). The van der Waals surface area contributed by atoms with Crippen molar-refractivity contribution in [1.29, 1.82) is 0 Å². The van der Waals surface area contributed by atoms with Crippen molar-refractivity contribution in [3.05, 3.63) is 53.6 Å². The number of rotatable bonds is 7. The van der Waals surface area contributed by atoms with Crippen molar-refractivity contribution in [3.63, 3.8) is 0 Å². The molecule has 0 heterocycles. The molecule has 7 heteroatoms. The molecular weight excluding hydrogens is 348 g/mol. The van der Waals surface area contributed by atoms with E-state index in [0.717, 1.165) is 11.1 Å². The number of amides is 2. The fourth-order valence-electron chi connectivity index (χ4n) is 2.20. The number of ether oxygens (including phenoxy) is 3. The molecule has 0 saturated heterocycles. The van der Waals surface area contributed by atoms with Gasteiger partial charge in [-0.2, -0.15) is 0 Å². The minimum atomic E-state index is -0.775. The molecule has 0 aliphatic rings. The van der Waals surface area contributed by atoms with Crippen LogP contribution in [0.25, 0.3) is 0 Å². The Balaban J connectivity index is 1.78. The number of para-hydroxylation sites is 2. The fourth-order valence-corrected chi connectivity index (χ4v) is 2.20. The van der Waals surface area contributed by atoms with Crippen molar-refractivity contribution in [2.75, 3.05) is 13.7 Å². The van der Waals surface area contributed by atoms with E-state index in [1.54, 1.807) is 37.3 Å². The first-order valence-electron chi connectivity index (χ1n) is 8.49. The Morgan fingerprint density at radius 2 is 1.70 bits per heavy atom. The van der Waals surface area contributed by atoms with Crippen molar-refractivity contribution < 1.29 is 23.8 Å². The van der Waals surface area contributed by atoms with Crippen LogP contribution in [0, 0.1) is 13.8 Å². The van der Waals surface area contributed by atoms with Crippen LogP contribution in [0.4, 0.5) is 0 Å². The summed E-state index contributed by atoms with van der Waals surface area (Å²) in [5.74, 6) is 0.566. The lowest BCUT2D eigenvalue weighted by Gasteiger charge is -2.16. The number of hydrogen-bond acceptors (Lipinski definition) is 5. The zero-order valence-corrected chi connectivity index (χ0v) is 15.9.